The molecule has 0 spiro atoms. The van der Waals surface area contributed by atoms with Gasteiger partial charge in [-0.15, -0.1) is 11.3 Å². The number of thiazole rings is 1. The summed E-state index contributed by atoms with van der Waals surface area (Å²) in [5.74, 6) is 2.73. The smallest absolute Gasteiger partial charge is 0.226 e. The number of unbranched alkanes of at least 4 members (excludes halogenated alkanes) is 1. The molecular formula is C14H18N2O2S2. The predicted molar refractivity (Wildman–Crippen MR) is 85.3 cm³/mol. The van der Waals surface area contributed by atoms with Crippen LogP contribution in [0.2, 0.25) is 0 Å². The fourth-order valence-electron chi connectivity index (χ4n) is 1.56. The first-order valence-corrected chi connectivity index (χ1v) is 8.70. The number of nitrogens with zero attached hydrogens (tertiary/aromatic N) is 1. The third-order valence-electron chi connectivity index (χ3n) is 2.64. The first-order chi connectivity index (χ1) is 9.79. The van der Waals surface area contributed by atoms with Gasteiger partial charge in [0.15, 0.2) is 10.9 Å². The van der Waals surface area contributed by atoms with E-state index >= 15 is 0 Å². The van der Waals surface area contributed by atoms with Gasteiger partial charge in [0.05, 0.1) is 6.26 Å². The van der Waals surface area contributed by atoms with Gasteiger partial charge < -0.3 is 9.73 Å². The molecule has 0 unspecified atom stereocenters. The molecule has 108 valence electrons. The maximum atomic E-state index is 11.8. The second-order valence-electron chi connectivity index (χ2n) is 4.28. The van der Waals surface area contributed by atoms with Gasteiger partial charge in [-0.3, -0.25) is 4.79 Å². The molecule has 2 rings (SSSR count). The topological polar surface area (TPSA) is 55.1 Å². The zero-order chi connectivity index (χ0) is 14.2. The summed E-state index contributed by atoms with van der Waals surface area (Å²) in [7, 11) is 0. The number of amides is 1. The van der Waals surface area contributed by atoms with Crippen LogP contribution >= 0.6 is 23.1 Å². The van der Waals surface area contributed by atoms with Crippen molar-refractivity contribution >= 4 is 34.1 Å². The van der Waals surface area contributed by atoms with Crippen LogP contribution in [0, 0.1) is 0 Å². The Balaban J connectivity index is 1.74. The van der Waals surface area contributed by atoms with Crippen LogP contribution < -0.4 is 5.32 Å². The number of anilines is 1. The monoisotopic (exact) mass is 310 g/mol. The van der Waals surface area contributed by atoms with Crippen LogP contribution in [0.15, 0.2) is 28.2 Å². The van der Waals surface area contributed by atoms with E-state index in [2.05, 4.69) is 17.2 Å². The highest BCUT2D eigenvalue weighted by atomic mass is 32.2. The molecule has 1 N–H and O–H groups in total. The first kappa shape index (κ1) is 15.1. The second-order valence-corrected chi connectivity index (χ2v) is 6.36. The number of rotatable bonds is 8. The van der Waals surface area contributed by atoms with Crippen molar-refractivity contribution < 1.29 is 9.21 Å². The summed E-state index contributed by atoms with van der Waals surface area (Å²) >= 11 is 3.24. The highest BCUT2D eigenvalue weighted by Crippen LogP contribution is 2.25. The molecule has 0 saturated heterocycles. The van der Waals surface area contributed by atoms with E-state index in [0.29, 0.717) is 11.6 Å². The molecule has 0 atom stereocenters. The van der Waals surface area contributed by atoms with Crippen LogP contribution in [0.5, 0.6) is 0 Å². The number of furan rings is 1. The normalized spacial score (nSPS) is 10.7. The van der Waals surface area contributed by atoms with E-state index in [1.807, 2.05) is 29.3 Å². The quantitative estimate of drug-likeness (QED) is 0.740. The lowest BCUT2D eigenvalue weighted by molar-refractivity contribution is -0.115. The molecular weight excluding hydrogens is 292 g/mol. The lowest BCUT2D eigenvalue weighted by atomic mass is 10.4. The molecule has 2 heterocycles. The molecule has 0 aliphatic heterocycles. The van der Waals surface area contributed by atoms with Crippen molar-refractivity contribution in [3.05, 3.63) is 23.8 Å². The van der Waals surface area contributed by atoms with Crippen molar-refractivity contribution in [2.75, 3.05) is 16.8 Å². The number of carbonyl (C=O) groups is 1. The minimum atomic E-state index is 0.0225. The molecule has 2 aromatic rings. The van der Waals surface area contributed by atoms with Crippen LogP contribution in [0.4, 0.5) is 5.13 Å². The van der Waals surface area contributed by atoms with Gasteiger partial charge in [0, 0.05) is 17.6 Å². The molecule has 20 heavy (non-hydrogen) atoms. The van der Waals surface area contributed by atoms with Crippen LogP contribution in [0.3, 0.4) is 0 Å². The number of hydrogen-bond donors (Lipinski definition) is 1. The maximum absolute atomic E-state index is 11.8. The number of aromatic nitrogens is 1. The van der Waals surface area contributed by atoms with Crippen LogP contribution in [-0.2, 0) is 4.79 Å². The number of carbonyl (C=O) groups excluding carboxylic acids is 1. The second kappa shape index (κ2) is 8.11. The lowest BCUT2D eigenvalue weighted by Gasteiger charge is -2.01. The van der Waals surface area contributed by atoms with Crippen LogP contribution in [0.25, 0.3) is 11.5 Å². The Labute approximate surface area is 127 Å². The molecule has 0 aliphatic carbocycles. The van der Waals surface area contributed by atoms with E-state index in [9.17, 15) is 4.79 Å². The molecule has 2 aromatic heterocycles. The van der Waals surface area contributed by atoms with Crippen molar-refractivity contribution in [3.63, 3.8) is 0 Å². The Morgan fingerprint density at radius 3 is 3.15 bits per heavy atom. The van der Waals surface area contributed by atoms with Gasteiger partial charge in [0.25, 0.3) is 0 Å². The molecule has 0 radical (unpaired) electrons. The fourth-order valence-corrected chi connectivity index (χ4v) is 3.31. The number of nitrogens with one attached hydrogen (secondary N) is 1. The maximum Gasteiger partial charge on any atom is 0.226 e. The van der Waals surface area contributed by atoms with Gasteiger partial charge >= 0.3 is 0 Å². The highest BCUT2D eigenvalue weighted by molar-refractivity contribution is 7.99. The summed E-state index contributed by atoms with van der Waals surface area (Å²) in [5.41, 5.74) is 0.757. The van der Waals surface area contributed by atoms with Crippen molar-refractivity contribution in [3.8, 4) is 11.5 Å². The Kier molecular flexibility index (Phi) is 6.14. The Bertz CT molecular complexity index is 523. The van der Waals surface area contributed by atoms with Gasteiger partial charge in [-0.1, -0.05) is 13.3 Å². The standard InChI is InChI=1S/C14H18N2O2S2/c1-2-3-8-19-9-6-13(17)16-14-15-11(10-20-14)12-5-4-7-18-12/h4-5,7,10H,2-3,6,8-9H2,1H3,(H,15,16,17). The van der Waals surface area contributed by atoms with Crippen molar-refractivity contribution in [2.24, 2.45) is 0 Å². The van der Waals surface area contributed by atoms with Crippen molar-refractivity contribution in [2.45, 2.75) is 26.2 Å². The van der Waals surface area contributed by atoms with Gasteiger partial charge in [-0.2, -0.15) is 11.8 Å². The molecule has 4 nitrogen and oxygen atoms in total. The molecule has 0 bridgehead atoms. The largest absolute Gasteiger partial charge is 0.463 e. The number of thioether (sulfide) groups is 1. The predicted octanol–water partition coefficient (Wildman–Crippen LogP) is 4.27. The van der Waals surface area contributed by atoms with Crippen molar-refractivity contribution in [1.29, 1.82) is 0 Å². The van der Waals surface area contributed by atoms with Gasteiger partial charge in [0.1, 0.15) is 5.69 Å². The Hall–Kier alpha value is -1.27. The van der Waals surface area contributed by atoms with E-state index in [0.717, 1.165) is 23.0 Å². The van der Waals surface area contributed by atoms with Gasteiger partial charge in [-0.05, 0) is 24.3 Å². The number of hydrogen-bond acceptors (Lipinski definition) is 5. The fraction of sp³-hybridized carbons (Fsp3) is 0.429. The van der Waals surface area contributed by atoms with Crippen molar-refractivity contribution in [1.82, 2.24) is 4.98 Å². The third-order valence-corrected chi connectivity index (χ3v) is 4.47. The van der Waals surface area contributed by atoms with E-state index in [-0.39, 0.29) is 5.91 Å². The Morgan fingerprint density at radius 1 is 1.50 bits per heavy atom. The summed E-state index contributed by atoms with van der Waals surface area (Å²) < 4.78 is 5.27. The molecule has 6 heteroatoms. The van der Waals surface area contributed by atoms with E-state index in [1.165, 1.54) is 24.2 Å². The molecule has 0 fully saturated rings. The van der Waals surface area contributed by atoms with E-state index < -0.39 is 0 Å². The van der Waals surface area contributed by atoms with Crippen LogP contribution in [0.1, 0.15) is 26.2 Å². The molecule has 0 aromatic carbocycles. The van der Waals surface area contributed by atoms with Gasteiger partial charge in [0.2, 0.25) is 5.91 Å². The average molecular weight is 310 g/mol. The van der Waals surface area contributed by atoms with E-state index in [1.54, 1.807) is 6.26 Å². The van der Waals surface area contributed by atoms with Gasteiger partial charge in [-0.25, -0.2) is 4.98 Å². The Morgan fingerprint density at radius 2 is 2.40 bits per heavy atom. The molecule has 1 amide bonds. The molecule has 0 aliphatic rings. The summed E-state index contributed by atoms with van der Waals surface area (Å²) in [6.45, 7) is 2.17. The van der Waals surface area contributed by atoms with E-state index in [4.69, 9.17) is 4.42 Å². The highest BCUT2D eigenvalue weighted by Gasteiger charge is 2.09. The minimum Gasteiger partial charge on any atom is -0.463 e. The summed E-state index contributed by atoms with van der Waals surface area (Å²) in [6, 6.07) is 3.67. The van der Waals surface area contributed by atoms with Crippen LogP contribution in [-0.4, -0.2) is 22.4 Å². The first-order valence-electron chi connectivity index (χ1n) is 6.66. The minimum absolute atomic E-state index is 0.0225. The zero-order valence-electron chi connectivity index (χ0n) is 11.4. The third kappa shape index (κ3) is 4.68. The lowest BCUT2D eigenvalue weighted by Crippen LogP contribution is -2.12. The summed E-state index contributed by atoms with van der Waals surface area (Å²) in [4.78, 5) is 16.1. The molecule has 0 saturated carbocycles. The summed E-state index contributed by atoms with van der Waals surface area (Å²) in [6.07, 6.45) is 4.56. The average Bonchev–Trinajstić information content (AvgIpc) is 3.08. The summed E-state index contributed by atoms with van der Waals surface area (Å²) in [5, 5.41) is 5.33. The zero-order valence-corrected chi connectivity index (χ0v) is 13.1. The SMILES string of the molecule is CCCCSCCC(=O)Nc1nc(-c2ccco2)cs1.